The molecule has 10 heavy (non-hydrogen) atoms. The molecule has 0 radical (unpaired) electrons. The van der Waals surface area contributed by atoms with Crippen molar-refractivity contribution in [2.75, 3.05) is 7.05 Å². The lowest BCUT2D eigenvalue weighted by Crippen LogP contribution is -2.09. The van der Waals surface area contributed by atoms with Crippen molar-refractivity contribution in [3.8, 4) is 0 Å². The van der Waals surface area contributed by atoms with Gasteiger partial charge in [-0.15, -0.1) is 0 Å². The molecule has 3 nitrogen and oxygen atoms in total. The van der Waals surface area contributed by atoms with Gasteiger partial charge in [-0.25, -0.2) is 0 Å². The minimum Gasteiger partial charge on any atom is -0.314 e. The van der Waals surface area contributed by atoms with Gasteiger partial charge < -0.3 is 5.32 Å². The molecule has 1 N–H and O–H groups in total. The van der Waals surface area contributed by atoms with Gasteiger partial charge in [-0.1, -0.05) is 0 Å². The van der Waals surface area contributed by atoms with Crippen molar-refractivity contribution in [2.45, 2.75) is 6.54 Å². The second-order valence-electron chi connectivity index (χ2n) is 2.11. The highest BCUT2D eigenvalue weighted by molar-refractivity contribution is 9.10. The molecule has 1 heterocycles. The van der Waals surface area contributed by atoms with Crippen LogP contribution in [0, 0.1) is 0 Å². The minimum absolute atomic E-state index is 0.856. The number of aryl methyl sites for hydroxylation is 1. The highest BCUT2D eigenvalue weighted by atomic mass is 79.9. The van der Waals surface area contributed by atoms with Crippen LogP contribution >= 0.6 is 15.9 Å². The summed E-state index contributed by atoms with van der Waals surface area (Å²) in [5.41, 5.74) is 1.18. The van der Waals surface area contributed by atoms with Crippen LogP contribution in [0.3, 0.4) is 0 Å². The fourth-order valence-electron chi connectivity index (χ4n) is 0.814. The van der Waals surface area contributed by atoms with Crippen LogP contribution < -0.4 is 5.32 Å². The highest BCUT2D eigenvalue weighted by Crippen LogP contribution is 2.08. The number of hydrogen-bond donors (Lipinski definition) is 1. The van der Waals surface area contributed by atoms with Crippen LogP contribution in [0.1, 0.15) is 5.69 Å². The van der Waals surface area contributed by atoms with Crippen molar-refractivity contribution in [2.24, 2.45) is 7.05 Å². The Morgan fingerprint density at radius 3 is 2.90 bits per heavy atom. The lowest BCUT2D eigenvalue weighted by molar-refractivity contribution is 0.670. The standard InChI is InChI=1S/C6H10BrN3/c1-8-4-5-3-6(7)9-10(5)2/h3,8H,4H2,1-2H3. The lowest BCUT2D eigenvalue weighted by Gasteiger charge is -1.97. The Morgan fingerprint density at radius 1 is 1.80 bits per heavy atom. The first kappa shape index (κ1) is 7.75. The molecule has 0 fully saturated rings. The van der Waals surface area contributed by atoms with Gasteiger partial charge in [0.05, 0.1) is 5.69 Å². The summed E-state index contributed by atoms with van der Waals surface area (Å²) in [6, 6.07) is 2.00. The summed E-state index contributed by atoms with van der Waals surface area (Å²) in [6.45, 7) is 0.856. The Hall–Kier alpha value is -0.350. The molecule has 0 unspecified atom stereocenters. The first-order valence-electron chi connectivity index (χ1n) is 3.07. The van der Waals surface area contributed by atoms with Crippen LogP contribution in [0.4, 0.5) is 0 Å². The molecule has 0 amide bonds. The topological polar surface area (TPSA) is 29.9 Å². The summed E-state index contributed by atoms with van der Waals surface area (Å²) >= 11 is 3.29. The molecule has 0 spiro atoms. The maximum absolute atomic E-state index is 4.12. The van der Waals surface area contributed by atoms with E-state index in [0.29, 0.717) is 0 Å². The Balaban J connectivity index is 2.81. The van der Waals surface area contributed by atoms with Crippen LogP contribution in [0.2, 0.25) is 0 Å². The van der Waals surface area contributed by atoms with Crippen LogP contribution in [-0.2, 0) is 13.6 Å². The number of halogens is 1. The average Bonchev–Trinajstić information content (AvgIpc) is 2.13. The first-order chi connectivity index (χ1) is 4.74. The fourth-order valence-corrected chi connectivity index (χ4v) is 1.32. The van der Waals surface area contributed by atoms with Gasteiger partial charge in [0.2, 0.25) is 0 Å². The molecule has 0 saturated carbocycles. The SMILES string of the molecule is CNCc1cc(Br)nn1C. The zero-order chi connectivity index (χ0) is 7.56. The normalized spacial score (nSPS) is 10.3. The van der Waals surface area contributed by atoms with Crippen molar-refractivity contribution in [1.82, 2.24) is 15.1 Å². The van der Waals surface area contributed by atoms with Gasteiger partial charge in [0.25, 0.3) is 0 Å². The molecule has 0 bridgehead atoms. The minimum atomic E-state index is 0.856. The van der Waals surface area contributed by atoms with Crippen LogP contribution in [0.15, 0.2) is 10.7 Å². The summed E-state index contributed by atoms with van der Waals surface area (Å²) in [6.07, 6.45) is 0. The molecular weight excluding hydrogens is 194 g/mol. The second kappa shape index (κ2) is 3.16. The van der Waals surface area contributed by atoms with E-state index < -0.39 is 0 Å². The average molecular weight is 204 g/mol. The fraction of sp³-hybridized carbons (Fsp3) is 0.500. The zero-order valence-corrected chi connectivity index (χ0v) is 7.64. The van der Waals surface area contributed by atoms with E-state index in [2.05, 4.69) is 26.3 Å². The third kappa shape index (κ3) is 1.58. The van der Waals surface area contributed by atoms with Crippen molar-refractivity contribution in [3.05, 3.63) is 16.4 Å². The molecule has 0 aliphatic rings. The maximum atomic E-state index is 4.12. The van der Waals surface area contributed by atoms with Crippen LogP contribution in [0.5, 0.6) is 0 Å². The van der Waals surface area contributed by atoms with Gasteiger partial charge in [-0.3, -0.25) is 4.68 Å². The summed E-state index contributed by atoms with van der Waals surface area (Å²) in [5, 5.41) is 7.18. The van der Waals surface area contributed by atoms with Gasteiger partial charge >= 0.3 is 0 Å². The smallest absolute Gasteiger partial charge is 0.128 e. The maximum Gasteiger partial charge on any atom is 0.128 e. The molecule has 0 saturated heterocycles. The van der Waals surface area contributed by atoms with E-state index in [1.165, 1.54) is 5.69 Å². The van der Waals surface area contributed by atoms with Gasteiger partial charge in [-0.05, 0) is 29.0 Å². The Labute approximate surface area is 68.6 Å². The number of nitrogens with zero attached hydrogens (tertiary/aromatic N) is 2. The molecule has 0 atom stereocenters. The van der Waals surface area contributed by atoms with Gasteiger partial charge in [0.1, 0.15) is 4.60 Å². The molecule has 0 aliphatic heterocycles. The van der Waals surface area contributed by atoms with Gasteiger partial charge in [-0.2, -0.15) is 5.10 Å². The second-order valence-corrected chi connectivity index (χ2v) is 2.92. The molecule has 4 heteroatoms. The van der Waals surface area contributed by atoms with E-state index in [9.17, 15) is 0 Å². The number of rotatable bonds is 2. The monoisotopic (exact) mass is 203 g/mol. The largest absolute Gasteiger partial charge is 0.314 e. The lowest BCUT2D eigenvalue weighted by atomic mass is 10.4. The number of aromatic nitrogens is 2. The Bertz CT molecular complexity index is 219. The number of hydrogen-bond acceptors (Lipinski definition) is 2. The van der Waals surface area contributed by atoms with Crippen molar-refractivity contribution in [1.29, 1.82) is 0 Å². The third-order valence-electron chi connectivity index (χ3n) is 1.30. The quantitative estimate of drug-likeness (QED) is 0.775. The zero-order valence-electron chi connectivity index (χ0n) is 6.06. The molecule has 0 aliphatic carbocycles. The highest BCUT2D eigenvalue weighted by Gasteiger charge is 1.99. The number of nitrogens with one attached hydrogen (secondary N) is 1. The molecule has 56 valence electrons. The molecule has 1 aromatic rings. The van der Waals surface area contributed by atoms with Crippen molar-refractivity contribution in [3.63, 3.8) is 0 Å². The van der Waals surface area contributed by atoms with Crippen molar-refractivity contribution < 1.29 is 0 Å². The molecule has 1 aromatic heterocycles. The Kier molecular flexibility index (Phi) is 2.45. The predicted molar refractivity (Wildman–Crippen MR) is 43.7 cm³/mol. The van der Waals surface area contributed by atoms with E-state index in [4.69, 9.17) is 0 Å². The van der Waals surface area contributed by atoms with E-state index >= 15 is 0 Å². The molecule has 1 rings (SSSR count). The Morgan fingerprint density at radius 2 is 2.50 bits per heavy atom. The van der Waals surface area contributed by atoms with Gasteiger partial charge in [0, 0.05) is 13.6 Å². The van der Waals surface area contributed by atoms with E-state index in [1.807, 2.05) is 24.8 Å². The van der Waals surface area contributed by atoms with E-state index in [0.717, 1.165) is 11.1 Å². The predicted octanol–water partition coefficient (Wildman–Crippen LogP) is 0.902. The van der Waals surface area contributed by atoms with Crippen molar-refractivity contribution >= 4 is 15.9 Å². The third-order valence-corrected chi connectivity index (χ3v) is 1.69. The summed E-state index contributed by atoms with van der Waals surface area (Å²) in [7, 11) is 3.85. The first-order valence-corrected chi connectivity index (χ1v) is 3.86. The van der Waals surface area contributed by atoms with E-state index in [1.54, 1.807) is 0 Å². The van der Waals surface area contributed by atoms with Crippen LogP contribution in [-0.4, -0.2) is 16.8 Å². The van der Waals surface area contributed by atoms with Crippen LogP contribution in [0.25, 0.3) is 0 Å². The van der Waals surface area contributed by atoms with Gasteiger partial charge in [0.15, 0.2) is 0 Å². The summed E-state index contributed by atoms with van der Waals surface area (Å²) in [5.74, 6) is 0. The summed E-state index contributed by atoms with van der Waals surface area (Å²) < 4.78 is 2.74. The van der Waals surface area contributed by atoms with E-state index in [-0.39, 0.29) is 0 Å². The molecule has 0 aromatic carbocycles. The molecular formula is C6H10BrN3. The summed E-state index contributed by atoms with van der Waals surface area (Å²) in [4.78, 5) is 0.